The van der Waals surface area contributed by atoms with Gasteiger partial charge in [0, 0.05) is 16.1 Å². The molecule has 3 aromatic rings. The van der Waals surface area contributed by atoms with Crippen LogP contribution in [0.15, 0.2) is 70.2 Å². The van der Waals surface area contributed by atoms with E-state index in [-0.39, 0.29) is 0 Å². The Labute approximate surface area is 143 Å². The number of nitrogens with two attached hydrogens (primary N) is 1. The van der Waals surface area contributed by atoms with E-state index < -0.39 is 5.91 Å². The second-order valence-electron chi connectivity index (χ2n) is 5.02. The number of benzene rings is 2. The molecule has 0 fully saturated rings. The number of primary amides is 1. The Morgan fingerprint density at radius 1 is 1.04 bits per heavy atom. The van der Waals surface area contributed by atoms with Gasteiger partial charge in [0.25, 0.3) is 0 Å². The van der Waals surface area contributed by atoms with E-state index >= 15 is 0 Å². The van der Waals surface area contributed by atoms with Crippen molar-refractivity contribution in [2.24, 2.45) is 10.8 Å². The number of anilines is 1. The molecule has 6 heteroatoms. The first kappa shape index (κ1) is 15.8. The number of carbonyl (C=O) groups is 1. The van der Waals surface area contributed by atoms with Gasteiger partial charge in [0.1, 0.15) is 11.5 Å². The first-order chi connectivity index (χ1) is 11.6. The average Bonchev–Trinajstić information content (AvgIpc) is 3.05. The number of hydrogen-bond acceptors (Lipinski definition) is 4. The molecule has 0 radical (unpaired) electrons. The van der Waals surface area contributed by atoms with E-state index in [4.69, 9.17) is 21.8 Å². The number of halogens is 1. The lowest BCUT2D eigenvalue weighted by atomic mass is 10.2. The first-order valence-corrected chi connectivity index (χ1v) is 7.54. The van der Waals surface area contributed by atoms with Gasteiger partial charge in [-0.2, -0.15) is 5.10 Å². The molecular weight excluding hydrogens is 326 g/mol. The summed E-state index contributed by atoms with van der Waals surface area (Å²) in [6, 6.07) is 17.8. The Morgan fingerprint density at radius 2 is 1.75 bits per heavy atom. The van der Waals surface area contributed by atoms with Crippen molar-refractivity contribution in [1.29, 1.82) is 0 Å². The van der Waals surface area contributed by atoms with Crippen molar-refractivity contribution in [1.82, 2.24) is 0 Å². The quantitative estimate of drug-likeness (QED) is 0.541. The van der Waals surface area contributed by atoms with Gasteiger partial charge in [0.2, 0.25) is 5.91 Å². The fourth-order valence-electron chi connectivity index (χ4n) is 2.07. The molecule has 0 aliphatic heterocycles. The van der Waals surface area contributed by atoms with E-state index in [1.54, 1.807) is 30.5 Å². The largest absolute Gasteiger partial charge is 0.455 e. The molecule has 120 valence electrons. The summed E-state index contributed by atoms with van der Waals surface area (Å²) >= 11 is 5.87. The van der Waals surface area contributed by atoms with Crippen LogP contribution < -0.4 is 11.2 Å². The van der Waals surface area contributed by atoms with Crippen LogP contribution in [-0.4, -0.2) is 12.1 Å². The molecule has 1 amide bonds. The van der Waals surface area contributed by atoms with Crippen LogP contribution in [0.3, 0.4) is 0 Å². The van der Waals surface area contributed by atoms with Crippen molar-refractivity contribution in [3.05, 3.63) is 77.0 Å². The number of amides is 1. The molecule has 0 saturated carbocycles. The second-order valence-corrected chi connectivity index (χ2v) is 5.46. The minimum absolute atomic E-state index is 0.447. The number of nitrogens with one attached hydrogen (secondary N) is 1. The van der Waals surface area contributed by atoms with E-state index in [1.807, 2.05) is 36.4 Å². The van der Waals surface area contributed by atoms with Crippen molar-refractivity contribution >= 4 is 29.4 Å². The summed E-state index contributed by atoms with van der Waals surface area (Å²) in [7, 11) is 0. The molecular formula is C18H14ClN3O2. The van der Waals surface area contributed by atoms with Gasteiger partial charge in [-0.1, -0.05) is 11.6 Å². The van der Waals surface area contributed by atoms with Crippen molar-refractivity contribution in [3.63, 3.8) is 0 Å². The minimum Gasteiger partial charge on any atom is -0.455 e. The number of carbonyl (C=O) groups excluding carboxylic acids is 1. The van der Waals surface area contributed by atoms with Crippen LogP contribution in [0.5, 0.6) is 0 Å². The summed E-state index contributed by atoms with van der Waals surface area (Å²) in [6.07, 6.45) is 1.57. The summed E-state index contributed by atoms with van der Waals surface area (Å²) in [6.45, 7) is 0. The molecule has 0 unspecified atom stereocenters. The normalized spacial score (nSPS) is 10.9. The molecule has 1 heterocycles. The smallest absolute Gasteiger partial charge is 0.248 e. The van der Waals surface area contributed by atoms with Crippen LogP contribution in [0.1, 0.15) is 16.1 Å². The zero-order valence-corrected chi connectivity index (χ0v) is 13.3. The van der Waals surface area contributed by atoms with Gasteiger partial charge < -0.3 is 10.2 Å². The lowest BCUT2D eigenvalue weighted by Gasteiger charge is -2.00. The molecule has 24 heavy (non-hydrogen) atoms. The molecule has 1 aromatic heterocycles. The highest BCUT2D eigenvalue weighted by Crippen LogP contribution is 2.23. The molecule has 3 N–H and O–H groups in total. The average molecular weight is 340 g/mol. The van der Waals surface area contributed by atoms with Crippen molar-refractivity contribution in [3.8, 4) is 11.3 Å². The molecule has 0 atom stereocenters. The van der Waals surface area contributed by atoms with Crippen LogP contribution in [0.4, 0.5) is 5.69 Å². The predicted octanol–water partition coefficient (Wildman–Crippen LogP) is 4.14. The van der Waals surface area contributed by atoms with Gasteiger partial charge in [0.15, 0.2) is 0 Å². The van der Waals surface area contributed by atoms with Crippen molar-refractivity contribution in [2.45, 2.75) is 0 Å². The molecule has 0 bridgehead atoms. The Balaban J connectivity index is 1.65. The van der Waals surface area contributed by atoms with Crippen molar-refractivity contribution in [2.75, 3.05) is 5.43 Å². The monoisotopic (exact) mass is 339 g/mol. The highest BCUT2D eigenvalue weighted by atomic mass is 35.5. The van der Waals surface area contributed by atoms with E-state index in [9.17, 15) is 4.79 Å². The summed E-state index contributed by atoms with van der Waals surface area (Å²) in [5, 5.41) is 4.78. The molecule has 5 nitrogen and oxygen atoms in total. The Bertz CT molecular complexity index is 868. The number of nitrogens with zero attached hydrogens (tertiary/aromatic N) is 1. The lowest BCUT2D eigenvalue weighted by Crippen LogP contribution is -2.10. The summed E-state index contributed by atoms with van der Waals surface area (Å²) in [5.74, 6) is 0.885. The molecule has 0 saturated heterocycles. The van der Waals surface area contributed by atoms with E-state index in [1.165, 1.54) is 0 Å². The maximum absolute atomic E-state index is 11.0. The van der Waals surface area contributed by atoms with E-state index in [0.29, 0.717) is 16.3 Å². The number of furan rings is 1. The summed E-state index contributed by atoms with van der Waals surface area (Å²) in [5.41, 5.74) is 10.2. The molecule has 0 spiro atoms. The highest BCUT2D eigenvalue weighted by Gasteiger charge is 2.03. The Morgan fingerprint density at radius 3 is 2.42 bits per heavy atom. The zero-order chi connectivity index (χ0) is 16.9. The standard InChI is InChI=1S/C18H14ClN3O2/c19-14-5-1-12(2-6-14)17-10-9-16(24-17)11-21-22-15-7-3-13(4-8-15)18(20)23/h1-11,22H,(H2,20,23). The number of hydrazone groups is 1. The van der Waals surface area contributed by atoms with Gasteiger partial charge in [-0.05, 0) is 60.7 Å². The van der Waals surface area contributed by atoms with Gasteiger partial charge in [-0.15, -0.1) is 0 Å². The van der Waals surface area contributed by atoms with Crippen LogP contribution >= 0.6 is 11.6 Å². The van der Waals surface area contributed by atoms with E-state index in [2.05, 4.69) is 10.5 Å². The maximum Gasteiger partial charge on any atom is 0.248 e. The third-order valence-electron chi connectivity index (χ3n) is 3.31. The molecule has 2 aromatic carbocycles. The molecule has 0 aliphatic rings. The third-order valence-corrected chi connectivity index (χ3v) is 3.56. The SMILES string of the molecule is NC(=O)c1ccc(NN=Cc2ccc(-c3ccc(Cl)cc3)o2)cc1. The van der Waals surface area contributed by atoms with E-state index in [0.717, 1.165) is 17.0 Å². The van der Waals surface area contributed by atoms with Gasteiger partial charge >= 0.3 is 0 Å². The lowest BCUT2D eigenvalue weighted by molar-refractivity contribution is 0.100. The van der Waals surface area contributed by atoms with Crippen LogP contribution in [0.25, 0.3) is 11.3 Å². The third kappa shape index (κ3) is 3.83. The van der Waals surface area contributed by atoms with Gasteiger partial charge in [-0.25, -0.2) is 0 Å². The van der Waals surface area contributed by atoms with Crippen LogP contribution in [0, 0.1) is 0 Å². The topological polar surface area (TPSA) is 80.6 Å². The number of rotatable bonds is 5. The summed E-state index contributed by atoms with van der Waals surface area (Å²) < 4.78 is 5.70. The second kappa shape index (κ2) is 7.02. The zero-order valence-electron chi connectivity index (χ0n) is 12.6. The highest BCUT2D eigenvalue weighted by molar-refractivity contribution is 6.30. The van der Waals surface area contributed by atoms with Crippen molar-refractivity contribution < 1.29 is 9.21 Å². The first-order valence-electron chi connectivity index (χ1n) is 7.16. The summed E-state index contributed by atoms with van der Waals surface area (Å²) in [4.78, 5) is 11.0. The number of hydrogen-bond donors (Lipinski definition) is 2. The fraction of sp³-hybridized carbons (Fsp3) is 0. The van der Waals surface area contributed by atoms with Crippen LogP contribution in [0.2, 0.25) is 5.02 Å². The van der Waals surface area contributed by atoms with Gasteiger partial charge in [0.05, 0.1) is 11.9 Å². The van der Waals surface area contributed by atoms with Gasteiger partial charge in [-0.3, -0.25) is 10.2 Å². The minimum atomic E-state index is -0.463. The van der Waals surface area contributed by atoms with Crippen LogP contribution in [-0.2, 0) is 0 Å². The Kier molecular flexibility index (Phi) is 4.63. The molecule has 0 aliphatic carbocycles. The predicted molar refractivity (Wildman–Crippen MR) is 95.3 cm³/mol. The molecule has 3 rings (SSSR count). The Hall–Kier alpha value is -3.05. The maximum atomic E-state index is 11.0. The fourth-order valence-corrected chi connectivity index (χ4v) is 2.20.